The monoisotopic (exact) mass is 511 g/mol. The summed E-state index contributed by atoms with van der Waals surface area (Å²) in [7, 11) is 4.01. The van der Waals surface area contributed by atoms with Gasteiger partial charge >= 0.3 is 6.09 Å². The zero-order valence-electron chi connectivity index (χ0n) is 21.7. The Balaban J connectivity index is 1.85. The molecule has 192 valence electrons. The first-order chi connectivity index (χ1) is 17.0. The second kappa shape index (κ2) is 11.8. The Morgan fingerprint density at radius 1 is 1.17 bits per heavy atom. The van der Waals surface area contributed by atoms with E-state index >= 15 is 0 Å². The highest BCUT2D eigenvalue weighted by Gasteiger charge is 2.17. The van der Waals surface area contributed by atoms with Crippen LogP contribution in [0.1, 0.15) is 48.0 Å². The van der Waals surface area contributed by atoms with Gasteiger partial charge in [-0.3, -0.25) is 9.10 Å². The van der Waals surface area contributed by atoms with Gasteiger partial charge in [-0.25, -0.2) is 9.18 Å². The van der Waals surface area contributed by atoms with E-state index in [1.165, 1.54) is 6.08 Å². The maximum atomic E-state index is 14.9. The molecule has 2 aromatic carbocycles. The van der Waals surface area contributed by atoms with Gasteiger partial charge in [0, 0.05) is 33.6 Å². The molecule has 0 aliphatic heterocycles. The second-order valence-electron chi connectivity index (χ2n) is 9.80. The summed E-state index contributed by atoms with van der Waals surface area (Å²) in [5.41, 5.74) is 3.95. The van der Waals surface area contributed by atoms with Gasteiger partial charge in [-0.1, -0.05) is 12.1 Å². The minimum absolute atomic E-state index is 0.0250. The molecule has 36 heavy (non-hydrogen) atoms. The van der Waals surface area contributed by atoms with E-state index in [1.54, 1.807) is 38.8 Å². The minimum atomic E-state index is -0.615. The van der Waals surface area contributed by atoms with Crippen molar-refractivity contribution in [1.29, 1.82) is 0 Å². The smallest absolute Gasteiger partial charge is 0.407 e. The Bertz CT molecular complexity index is 1260. The topological polar surface area (TPSA) is 63.6 Å². The van der Waals surface area contributed by atoms with E-state index < -0.39 is 11.7 Å². The zero-order chi connectivity index (χ0) is 26.5. The van der Waals surface area contributed by atoms with E-state index in [0.29, 0.717) is 12.0 Å². The molecule has 8 heteroatoms. The van der Waals surface area contributed by atoms with E-state index in [1.807, 2.05) is 42.0 Å². The highest BCUT2D eigenvalue weighted by atomic mass is 32.2. The highest BCUT2D eigenvalue weighted by molar-refractivity contribution is 7.97. The van der Waals surface area contributed by atoms with Gasteiger partial charge in [0.15, 0.2) is 0 Å². The van der Waals surface area contributed by atoms with E-state index in [4.69, 9.17) is 4.74 Å². The van der Waals surface area contributed by atoms with Crippen molar-refractivity contribution in [3.05, 3.63) is 76.8 Å². The van der Waals surface area contributed by atoms with Crippen LogP contribution in [0.25, 0.3) is 10.9 Å². The van der Waals surface area contributed by atoms with Gasteiger partial charge in [-0.2, -0.15) is 0 Å². The summed E-state index contributed by atoms with van der Waals surface area (Å²) in [6.07, 6.45) is 2.24. The number of allylic oxidation sites excluding steroid dienone is 1. The van der Waals surface area contributed by atoms with Gasteiger partial charge in [-0.15, -0.1) is 0 Å². The molecule has 0 fully saturated rings. The van der Waals surface area contributed by atoms with E-state index in [0.717, 1.165) is 38.9 Å². The summed E-state index contributed by atoms with van der Waals surface area (Å²) in [4.78, 5) is 24.4. The predicted molar refractivity (Wildman–Crippen MR) is 144 cm³/mol. The van der Waals surface area contributed by atoms with Gasteiger partial charge in [0.1, 0.15) is 17.7 Å². The van der Waals surface area contributed by atoms with Crippen molar-refractivity contribution < 1.29 is 18.7 Å². The van der Waals surface area contributed by atoms with E-state index in [9.17, 15) is 14.0 Å². The number of hydrogen-bond donors (Lipinski definition) is 1. The average molecular weight is 512 g/mol. The number of hydrogen-bond acceptors (Lipinski definition) is 5. The fourth-order valence-corrected chi connectivity index (χ4v) is 4.61. The lowest BCUT2D eigenvalue weighted by atomic mass is 10.0. The number of alkyl carbamates (subject to hydrolysis) is 1. The van der Waals surface area contributed by atoms with Crippen molar-refractivity contribution in [3.63, 3.8) is 0 Å². The Kier molecular flexibility index (Phi) is 8.98. The van der Waals surface area contributed by atoms with Crippen LogP contribution in [0.4, 0.5) is 9.18 Å². The first kappa shape index (κ1) is 27.5. The molecule has 0 bridgehead atoms. The second-order valence-corrected chi connectivity index (χ2v) is 11.2. The van der Waals surface area contributed by atoms with Gasteiger partial charge in [0.05, 0.1) is 6.54 Å². The molecule has 6 nitrogen and oxygen atoms in total. The number of aromatic nitrogens is 1. The number of carbonyl (C=O) groups is 2. The van der Waals surface area contributed by atoms with Crippen LogP contribution >= 0.6 is 11.9 Å². The third kappa shape index (κ3) is 7.45. The van der Waals surface area contributed by atoms with Crippen molar-refractivity contribution in [2.45, 2.75) is 51.2 Å². The molecular weight excluding hydrogens is 477 g/mol. The number of nitrogens with zero attached hydrogens (tertiary/aromatic N) is 2. The van der Waals surface area contributed by atoms with Crippen LogP contribution in [0.3, 0.4) is 0 Å². The van der Waals surface area contributed by atoms with Crippen LogP contribution in [0, 0.1) is 6.92 Å². The molecule has 1 aromatic heterocycles. The Hall–Kier alpha value is -3.10. The molecule has 1 N–H and O–H groups in total. The third-order valence-corrected chi connectivity index (χ3v) is 6.33. The van der Waals surface area contributed by atoms with Gasteiger partial charge in [0.2, 0.25) is 0 Å². The number of nitrogens with one attached hydrogen (secondary N) is 1. The van der Waals surface area contributed by atoms with Crippen LogP contribution in [0.5, 0.6) is 0 Å². The van der Waals surface area contributed by atoms with Crippen molar-refractivity contribution in [2.75, 3.05) is 20.6 Å². The summed E-state index contributed by atoms with van der Waals surface area (Å²) in [5, 5.41) is 3.48. The van der Waals surface area contributed by atoms with E-state index in [2.05, 4.69) is 29.6 Å². The van der Waals surface area contributed by atoms with E-state index in [-0.39, 0.29) is 18.9 Å². The summed E-state index contributed by atoms with van der Waals surface area (Å²) in [5.74, 6) is -0.373. The number of aldehydes is 1. The SMILES string of the molecule is Cc1c(Cc2ccc(SN(C)C)cc2)c2cc(C=O)ccc2n1C/C(F)=C/CNC(=O)OC(C)(C)C. The predicted octanol–water partition coefficient (Wildman–Crippen LogP) is 6.30. The molecule has 3 rings (SSSR count). The standard InChI is InChI=1S/C28H34FN3O3S/c1-19-24(15-20-7-10-23(11-8-20)36-31(5)6)25-16-21(18-33)9-12-26(25)32(19)17-22(29)13-14-30-27(34)35-28(2,3)4/h7-13,16,18H,14-15,17H2,1-6H3,(H,30,34)/b22-13-. The fraction of sp³-hybridized carbons (Fsp3) is 0.357. The van der Waals surface area contributed by atoms with Crippen molar-refractivity contribution >= 4 is 35.2 Å². The number of amides is 1. The van der Waals surface area contributed by atoms with Crippen LogP contribution in [0.15, 0.2) is 59.3 Å². The van der Waals surface area contributed by atoms with Gasteiger partial charge in [0.25, 0.3) is 0 Å². The lowest BCUT2D eigenvalue weighted by Crippen LogP contribution is -2.32. The first-order valence-corrected chi connectivity index (χ1v) is 12.6. The number of benzene rings is 2. The summed E-state index contributed by atoms with van der Waals surface area (Å²) in [6, 6.07) is 13.8. The van der Waals surface area contributed by atoms with Crippen LogP contribution in [-0.4, -0.2) is 47.5 Å². The lowest BCUT2D eigenvalue weighted by molar-refractivity contribution is 0.0533. The summed E-state index contributed by atoms with van der Waals surface area (Å²) < 4.78 is 24.0. The molecule has 1 heterocycles. The Morgan fingerprint density at radius 3 is 2.47 bits per heavy atom. The zero-order valence-corrected chi connectivity index (χ0v) is 22.5. The Labute approximate surface area is 216 Å². The largest absolute Gasteiger partial charge is 0.444 e. The lowest BCUT2D eigenvalue weighted by Gasteiger charge is -2.19. The van der Waals surface area contributed by atoms with Crippen molar-refractivity contribution in [3.8, 4) is 0 Å². The fourth-order valence-electron chi connectivity index (χ4n) is 3.93. The highest BCUT2D eigenvalue weighted by Crippen LogP contribution is 2.30. The van der Waals surface area contributed by atoms with Gasteiger partial charge in [-0.05, 0) is 108 Å². The number of ether oxygens (including phenoxy) is 1. The molecule has 0 aliphatic rings. The maximum absolute atomic E-state index is 14.9. The molecule has 0 aliphatic carbocycles. The minimum Gasteiger partial charge on any atom is -0.444 e. The number of halogens is 1. The Morgan fingerprint density at radius 2 is 1.86 bits per heavy atom. The molecule has 0 atom stereocenters. The quantitative estimate of drug-likeness (QED) is 0.270. The molecule has 3 aromatic rings. The van der Waals surface area contributed by atoms with Crippen molar-refractivity contribution in [1.82, 2.24) is 14.2 Å². The average Bonchev–Trinajstić information content (AvgIpc) is 3.04. The molecule has 0 radical (unpaired) electrons. The number of fused-ring (bicyclic) bond motifs is 1. The number of carbonyl (C=O) groups excluding carboxylic acids is 2. The van der Waals surface area contributed by atoms with Gasteiger partial charge < -0.3 is 14.6 Å². The van der Waals surface area contributed by atoms with Crippen LogP contribution in [-0.2, 0) is 17.7 Å². The third-order valence-electron chi connectivity index (χ3n) is 5.48. The first-order valence-electron chi connectivity index (χ1n) is 11.8. The summed E-state index contributed by atoms with van der Waals surface area (Å²) >= 11 is 1.65. The van der Waals surface area contributed by atoms with Crippen LogP contribution < -0.4 is 5.32 Å². The molecule has 1 amide bonds. The molecular formula is C28H34FN3O3S. The molecule has 0 saturated heterocycles. The normalized spacial score (nSPS) is 12.3. The maximum Gasteiger partial charge on any atom is 0.407 e. The number of rotatable bonds is 9. The molecule has 0 unspecified atom stereocenters. The van der Waals surface area contributed by atoms with Crippen molar-refractivity contribution in [2.24, 2.45) is 0 Å². The summed E-state index contributed by atoms with van der Waals surface area (Å²) in [6.45, 7) is 7.34. The molecule has 0 saturated carbocycles. The van der Waals surface area contributed by atoms with Crippen LogP contribution in [0.2, 0.25) is 0 Å². The molecule has 0 spiro atoms.